The molecule has 0 heterocycles. The third-order valence-electron chi connectivity index (χ3n) is 0.844. The Kier molecular flexibility index (Phi) is 7.55. The van der Waals surface area contributed by atoms with Crippen molar-refractivity contribution >= 4 is 18.3 Å². The van der Waals surface area contributed by atoms with Crippen LogP contribution in [0, 0.1) is 0 Å². The standard InChI is InChI=1S/C5H10F2N2O.ClH/c1-3(8)5(10)9-2-4(6)7;/h3-4H,2,8H2,1H3,(H,9,10);1H/t3-;/m0./s1. The summed E-state index contributed by atoms with van der Waals surface area (Å²) in [5.74, 6) is -0.555. The maximum Gasteiger partial charge on any atom is 0.255 e. The third kappa shape index (κ3) is 7.48. The lowest BCUT2D eigenvalue weighted by Crippen LogP contribution is -2.40. The second-order valence-corrected chi connectivity index (χ2v) is 1.92. The molecule has 0 saturated heterocycles. The molecule has 0 spiro atoms. The minimum absolute atomic E-state index is 0. The van der Waals surface area contributed by atoms with Crippen molar-refractivity contribution in [2.24, 2.45) is 5.73 Å². The van der Waals surface area contributed by atoms with Crippen LogP contribution in [0.3, 0.4) is 0 Å². The Bertz CT molecular complexity index is 121. The molecular weight excluding hydrogens is 178 g/mol. The maximum atomic E-state index is 11.4. The van der Waals surface area contributed by atoms with Crippen LogP contribution < -0.4 is 11.1 Å². The second-order valence-electron chi connectivity index (χ2n) is 1.92. The van der Waals surface area contributed by atoms with Gasteiger partial charge in [0.25, 0.3) is 6.43 Å². The molecule has 1 amide bonds. The molecule has 68 valence electrons. The first-order valence-corrected chi connectivity index (χ1v) is 2.85. The van der Waals surface area contributed by atoms with Gasteiger partial charge in [0, 0.05) is 0 Å². The Balaban J connectivity index is 0. The van der Waals surface area contributed by atoms with E-state index in [1.165, 1.54) is 6.92 Å². The number of carbonyl (C=O) groups excluding carboxylic acids is 1. The summed E-state index contributed by atoms with van der Waals surface area (Å²) in [5, 5.41) is 1.97. The number of nitrogens with one attached hydrogen (secondary N) is 1. The van der Waals surface area contributed by atoms with E-state index in [9.17, 15) is 13.6 Å². The Labute approximate surface area is 69.7 Å². The molecule has 0 rings (SSSR count). The minimum Gasteiger partial charge on any atom is -0.349 e. The van der Waals surface area contributed by atoms with Gasteiger partial charge in [0.05, 0.1) is 12.6 Å². The van der Waals surface area contributed by atoms with Crippen molar-refractivity contribution in [3.63, 3.8) is 0 Å². The van der Waals surface area contributed by atoms with Gasteiger partial charge in [0.15, 0.2) is 0 Å². The van der Waals surface area contributed by atoms with Crippen molar-refractivity contribution in [3.05, 3.63) is 0 Å². The van der Waals surface area contributed by atoms with Crippen LogP contribution in [0.2, 0.25) is 0 Å². The van der Waals surface area contributed by atoms with E-state index in [4.69, 9.17) is 5.73 Å². The first-order chi connectivity index (χ1) is 4.54. The average Bonchev–Trinajstić information content (AvgIpc) is 1.82. The zero-order valence-corrected chi connectivity index (χ0v) is 6.83. The van der Waals surface area contributed by atoms with Crippen LogP contribution >= 0.6 is 12.4 Å². The van der Waals surface area contributed by atoms with Crippen molar-refractivity contribution in [2.45, 2.75) is 19.4 Å². The quantitative estimate of drug-likeness (QED) is 0.662. The topological polar surface area (TPSA) is 55.1 Å². The van der Waals surface area contributed by atoms with E-state index in [1.54, 1.807) is 0 Å². The Morgan fingerprint density at radius 3 is 2.36 bits per heavy atom. The summed E-state index contributed by atoms with van der Waals surface area (Å²) < 4.78 is 22.8. The molecule has 3 N–H and O–H groups in total. The lowest BCUT2D eigenvalue weighted by molar-refractivity contribution is -0.122. The first-order valence-electron chi connectivity index (χ1n) is 2.85. The zero-order chi connectivity index (χ0) is 8.15. The van der Waals surface area contributed by atoms with Gasteiger partial charge < -0.3 is 11.1 Å². The zero-order valence-electron chi connectivity index (χ0n) is 6.01. The van der Waals surface area contributed by atoms with Crippen molar-refractivity contribution in [3.8, 4) is 0 Å². The number of halogens is 3. The van der Waals surface area contributed by atoms with E-state index in [-0.39, 0.29) is 12.4 Å². The number of carbonyl (C=O) groups is 1. The highest BCUT2D eigenvalue weighted by atomic mass is 35.5. The fraction of sp³-hybridized carbons (Fsp3) is 0.800. The Morgan fingerprint density at radius 1 is 1.64 bits per heavy atom. The van der Waals surface area contributed by atoms with E-state index in [0.717, 1.165) is 0 Å². The fourth-order valence-corrected chi connectivity index (χ4v) is 0.339. The predicted molar refractivity (Wildman–Crippen MR) is 39.9 cm³/mol. The average molecular weight is 189 g/mol. The van der Waals surface area contributed by atoms with Crippen LogP contribution in [-0.4, -0.2) is 24.9 Å². The van der Waals surface area contributed by atoms with Crippen molar-refractivity contribution in [2.75, 3.05) is 6.54 Å². The number of amides is 1. The second kappa shape index (κ2) is 6.30. The number of rotatable bonds is 3. The number of hydrogen-bond donors (Lipinski definition) is 2. The van der Waals surface area contributed by atoms with E-state index < -0.39 is 24.9 Å². The van der Waals surface area contributed by atoms with Gasteiger partial charge >= 0.3 is 0 Å². The number of nitrogens with two attached hydrogens (primary N) is 1. The molecule has 0 aliphatic rings. The van der Waals surface area contributed by atoms with Gasteiger partial charge in [0.1, 0.15) is 0 Å². The van der Waals surface area contributed by atoms with E-state index in [2.05, 4.69) is 0 Å². The lowest BCUT2D eigenvalue weighted by atomic mass is 10.3. The van der Waals surface area contributed by atoms with Gasteiger partial charge in [-0.1, -0.05) is 0 Å². The molecule has 3 nitrogen and oxygen atoms in total. The molecule has 11 heavy (non-hydrogen) atoms. The molecule has 0 aliphatic carbocycles. The smallest absolute Gasteiger partial charge is 0.255 e. The normalized spacial score (nSPS) is 12.1. The van der Waals surface area contributed by atoms with Gasteiger partial charge in [-0.15, -0.1) is 12.4 Å². The molecule has 0 fully saturated rings. The summed E-state index contributed by atoms with van der Waals surface area (Å²) >= 11 is 0. The molecular formula is C5H11ClF2N2O. The van der Waals surface area contributed by atoms with Gasteiger partial charge in [-0.25, -0.2) is 8.78 Å². The minimum atomic E-state index is -2.51. The van der Waals surface area contributed by atoms with Gasteiger partial charge in [-0.05, 0) is 6.92 Å². The maximum absolute atomic E-state index is 11.4. The first kappa shape index (κ1) is 13.2. The Morgan fingerprint density at radius 2 is 2.09 bits per heavy atom. The van der Waals surface area contributed by atoms with E-state index >= 15 is 0 Å². The van der Waals surface area contributed by atoms with E-state index in [0.29, 0.717) is 0 Å². The SMILES string of the molecule is C[C@H](N)C(=O)NCC(F)F.Cl. The highest BCUT2D eigenvalue weighted by Gasteiger charge is 2.08. The summed E-state index contributed by atoms with van der Waals surface area (Å²) in [6, 6.07) is -0.723. The monoisotopic (exact) mass is 188 g/mol. The van der Waals surface area contributed by atoms with Crippen LogP contribution in [-0.2, 0) is 4.79 Å². The molecule has 0 bridgehead atoms. The molecule has 0 aromatic rings. The van der Waals surface area contributed by atoms with Crippen LogP contribution in [0.1, 0.15) is 6.92 Å². The molecule has 6 heteroatoms. The molecule has 0 aromatic heterocycles. The summed E-state index contributed by atoms with van der Waals surface area (Å²) in [4.78, 5) is 10.5. The number of alkyl halides is 2. The van der Waals surface area contributed by atoms with Crippen molar-refractivity contribution in [1.29, 1.82) is 0 Å². The highest BCUT2D eigenvalue weighted by molar-refractivity contribution is 5.85. The summed E-state index contributed by atoms with van der Waals surface area (Å²) in [7, 11) is 0. The van der Waals surface area contributed by atoms with Gasteiger partial charge in [0.2, 0.25) is 5.91 Å². The van der Waals surface area contributed by atoms with Crippen LogP contribution in [0.4, 0.5) is 8.78 Å². The van der Waals surface area contributed by atoms with E-state index in [1.807, 2.05) is 5.32 Å². The lowest BCUT2D eigenvalue weighted by Gasteiger charge is -2.05. The van der Waals surface area contributed by atoms with Crippen LogP contribution in [0.5, 0.6) is 0 Å². The summed E-state index contributed by atoms with van der Waals surface area (Å²) in [6.07, 6.45) is -2.51. The molecule has 0 radical (unpaired) electrons. The van der Waals surface area contributed by atoms with Crippen molar-refractivity contribution < 1.29 is 13.6 Å². The molecule has 1 atom stereocenters. The van der Waals surface area contributed by atoms with Gasteiger partial charge in [-0.2, -0.15) is 0 Å². The molecule has 0 unspecified atom stereocenters. The third-order valence-corrected chi connectivity index (χ3v) is 0.844. The number of hydrogen-bond acceptors (Lipinski definition) is 2. The largest absolute Gasteiger partial charge is 0.349 e. The predicted octanol–water partition coefficient (Wildman–Crippen LogP) is 0.137. The summed E-state index contributed by atoms with van der Waals surface area (Å²) in [6.45, 7) is 0.807. The molecule has 0 saturated carbocycles. The fourth-order valence-electron chi connectivity index (χ4n) is 0.339. The van der Waals surface area contributed by atoms with Crippen LogP contribution in [0.25, 0.3) is 0 Å². The van der Waals surface area contributed by atoms with Crippen molar-refractivity contribution in [1.82, 2.24) is 5.32 Å². The van der Waals surface area contributed by atoms with Crippen LogP contribution in [0.15, 0.2) is 0 Å². The highest BCUT2D eigenvalue weighted by Crippen LogP contribution is 1.87. The molecule has 0 aromatic carbocycles. The Hall–Kier alpha value is -0.420. The van der Waals surface area contributed by atoms with Gasteiger partial charge in [-0.3, -0.25) is 4.79 Å². The molecule has 0 aliphatic heterocycles. The summed E-state index contributed by atoms with van der Waals surface area (Å²) in [5.41, 5.74) is 5.07.